The van der Waals surface area contributed by atoms with E-state index in [1.807, 2.05) is 29.0 Å². The van der Waals surface area contributed by atoms with E-state index in [0.29, 0.717) is 0 Å². The number of nitrogens with zero attached hydrogens (tertiary/aromatic N) is 1. The van der Waals surface area contributed by atoms with E-state index >= 15 is 0 Å². The van der Waals surface area contributed by atoms with Crippen LogP contribution in [0.2, 0.25) is 0 Å². The Labute approximate surface area is 148 Å². The number of hydrogen-bond acceptors (Lipinski definition) is 5. The molecule has 1 aromatic heterocycles. The van der Waals surface area contributed by atoms with Gasteiger partial charge in [0.05, 0.1) is 10.2 Å². The second-order valence-electron chi connectivity index (χ2n) is 4.12. The summed E-state index contributed by atoms with van der Waals surface area (Å²) in [5, 5.41) is 0.850. The van der Waals surface area contributed by atoms with Crippen molar-refractivity contribution in [3.8, 4) is 10.6 Å². The fourth-order valence-corrected chi connectivity index (χ4v) is 3.22. The molecule has 0 saturated heterocycles. The Morgan fingerprint density at radius 1 is 1.05 bits per heavy atom. The second-order valence-corrected chi connectivity index (χ2v) is 6.26. The monoisotopic (exact) mass is 328 g/mol. The molecular formula is C13H9N2NaO3S2. The summed E-state index contributed by atoms with van der Waals surface area (Å²) < 4.78 is 34.8. The predicted octanol–water partition coefficient (Wildman–Crippen LogP) is -0.161. The van der Waals surface area contributed by atoms with Crippen molar-refractivity contribution < 1.29 is 42.5 Å². The Bertz CT molecular complexity index is 828. The minimum absolute atomic E-state index is 0. The van der Waals surface area contributed by atoms with Crippen molar-refractivity contribution in [2.75, 3.05) is 4.72 Å². The molecule has 1 N–H and O–H groups in total. The van der Waals surface area contributed by atoms with Crippen LogP contribution in [0, 0.1) is 0 Å². The third-order valence-corrected chi connectivity index (χ3v) is 4.24. The zero-order valence-electron chi connectivity index (χ0n) is 11.1. The van der Waals surface area contributed by atoms with Crippen LogP contribution in [0.15, 0.2) is 48.5 Å². The van der Waals surface area contributed by atoms with Gasteiger partial charge in [0, 0.05) is 11.3 Å². The fraction of sp³-hybridized carbons (Fsp3) is 0. The summed E-state index contributed by atoms with van der Waals surface area (Å²) in [6.07, 6.45) is 0. The molecule has 0 atom stereocenters. The Morgan fingerprint density at radius 2 is 1.71 bits per heavy atom. The van der Waals surface area contributed by atoms with Gasteiger partial charge in [-0.15, -0.1) is 11.3 Å². The van der Waals surface area contributed by atoms with Gasteiger partial charge >= 0.3 is 29.6 Å². The van der Waals surface area contributed by atoms with E-state index in [-0.39, 0.29) is 35.2 Å². The number of nitrogens with one attached hydrogen (secondary N) is 1. The van der Waals surface area contributed by atoms with E-state index in [4.69, 9.17) is 0 Å². The topological polar surface area (TPSA) is 82.1 Å². The molecule has 0 unspecified atom stereocenters. The normalized spacial score (nSPS) is 11.1. The zero-order chi connectivity index (χ0) is 14.2. The number of hydrogen-bond donors (Lipinski definition) is 1. The first-order chi connectivity index (χ1) is 9.51. The van der Waals surface area contributed by atoms with Crippen molar-refractivity contribution in [2.45, 2.75) is 0 Å². The van der Waals surface area contributed by atoms with Crippen molar-refractivity contribution in [1.29, 1.82) is 0 Å². The summed E-state index contributed by atoms with van der Waals surface area (Å²) in [6.45, 7) is 0. The van der Waals surface area contributed by atoms with Crippen molar-refractivity contribution in [3.63, 3.8) is 0 Å². The van der Waals surface area contributed by atoms with Gasteiger partial charge in [-0.05, 0) is 36.4 Å². The van der Waals surface area contributed by atoms with Gasteiger partial charge in [0.25, 0.3) is 0 Å². The van der Waals surface area contributed by atoms with Crippen LogP contribution in [0.25, 0.3) is 20.8 Å². The van der Waals surface area contributed by atoms with Crippen molar-refractivity contribution >= 4 is 37.5 Å². The van der Waals surface area contributed by atoms with E-state index in [1.165, 1.54) is 12.1 Å². The van der Waals surface area contributed by atoms with Crippen LogP contribution in [-0.4, -0.2) is 18.0 Å². The van der Waals surface area contributed by atoms with Crippen LogP contribution >= 0.6 is 11.3 Å². The van der Waals surface area contributed by atoms with E-state index in [9.17, 15) is 13.0 Å². The first kappa shape index (κ1) is 16.4. The molecule has 21 heavy (non-hydrogen) atoms. The molecule has 8 heteroatoms. The van der Waals surface area contributed by atoms with E-state index in [2.05, 4.69) is 4.98 Å². The van der Waals surface area contributed by atoms with Crippen LogP contribution in [0.3, 0.4) is 0 Å². The largest absolute Gasteiger partial charge is 1.00 e. The van der Waals surface area contributed by atoms with Crippen LogP contribution in [0.1, 0.15) is 0 Å². The Kier molecular flexibility index (Phi) is 5.03. The van der Waals surface area contributed by atoms with Gasteiger partial charge in [0.2, 0.25) is 0 Å². The van der Waals surface area contributed by atoms with E-state index < -0.39 is 10.3 Å². The number of fused-ring (bicyclic) bond motifs is 1. The van der Waals surface area contributed by atoms with Gasteiger partial charge in [0.1, 0.15) is 5.01 Å². The number of benzene rings is 2. The second kappa shape index (κ2) is 6.43. The van der Waals surface area contributed by atoms with Crippen molar-refractivity contribution in [1.82, 2.24) is 4.98 Å². The average Bonchev–Trinajstić information content (AvgIpc) is 2.81. The molecular weight excluding hydrogens is 319 g/mol. The average molecular weight is 328 g/mol. The predicted molar refractivity (Wildman–Crippen MR) is 78.4 cm³/mol. The van der Waals surface area contributed by atoms with Crippen LogP contribution < -0.4 is 34.3 Å². The number of aromatic nitrogens is 1. The summed E-state index contributed by atoms with van der Waals surface area (Å²) in [6, 6.07) is 14.4. The SMILES string of the molecule is O=S(=O)([O-])Nc1ccc(-c2nc3ccccc3s2)cc1.[Na+]. The van der Waals surface area contributed by atoms with Gasteiger partial charge in [-0.25, -0.2) is 13.4 Å². The molecule has 0 aliphatic carbocycles. The summed E-state index contributed by atoms with van der Waals surface area (Å²) in [5.41, 5.74) is 2.04. The first-order valence-electron chi connectivity index (χ1n) is 5.71. The maximum absolute atomic E-state index is 10.6. The first-order valence-corrected chi connectivity index (χ1v) is 7.93. The number of rotatable bonds is 3. The van der Waals surface area contributed by atoms with Crippen LogP contribution in [0.5, 0.6) is 0 Å². The molecule has 0 fully saturated rings. The molecule has 0 saturated carbocycles. The standard InChI is InChI=1S/C13H10N2O3S2.Na/c16-20(17,18)15-10-7-5-9(6-8-10)13-14-11-3-1-2-4-12(11)19-13;/h1-8,15H,(H,16,17,18);/q;+1/p-1. The van der Waals surface area contributed by atoms with Crippen LogP contribution in [-0.2, 0) is 10.3 Å². The number of anilines is 1. The summed E-state index contributed by atoms with van der Waals surface area (Å²) in [7, 11) is -4.49. The molecule has 0 bridgehead atoms. The minimum atomic E-state index is -4.49. The third-order valence-electron chi connectivity index (χ3n) is 2.67. The molecule has 3 aromatic rings. The third kappa shape index (κ3) is 4.03. The zero-order valence-corrected chi connectivity index (χ0v) is 14.7. The maximum atomic E-state index is 10.6. The van der Waals surface area contributed by atoms with Gasteiger partial charge in [-0.1, -0.05) is 12.1 Å². The maximum Gasteiger partial charge on any atom is 1.00 e. The Hall–Kier alpha value is -0.960. The summed E-state index contributed by atoms with van der Waals surface area (Å²) in [5.74, 6) is 0. The van der Waals surface area contributed by atoms with Crippen LogP contribution in [0.4, 0.5) is 5.69 Å². The van der Waals surface area contributed by atoms with Crippen molar-refractivity contribution in [2.24, 2.45) is 0 Å². The van der Waals surface area contributed by atoms with E-state index in [0.717, 1.165) is 20.8 Å². The summed E-state index contributed by atoms with van der Waals surface area (Å²) >= 11 is 1.56. The van der Waals surface area contributed by atoms with E-state index in [1.54, 1.807) is 23.5 Å². The summed E-state index contributed by atoms with van der Waals surface area (Å²) in [4.78, 5) is 4.51. The molecule has 0 radical (unpaired) electrons. The molecule has 2 aromatic carbocycles. The molecule has 0 spiro atoms. The number of thiazole rings is 1. The van der Waals surface area contributed by atoms with Gasteiger partial charge in [-0.3, -0.25) is 4.72 Å². The molecule has 0 aliphatic rings. The fourth-order valence-electron chi connectivity index (χ4n) is 1.82. The smallest absolute Gasteiger partial charge is 0.731 e. The Balaban J connectivity index is 0.00000161. The number of para-hydroxylation sites is 1. The quantitative estimate of drug-likeness (QED) is 0.535. The molecule has 1 heterocycles. The van der Waals surface area contributed by atoms with Gasteiger partial charge < -0.3 is 4.55 Å². The van der Waals surface area contributed by atoms with Gasteiger partial charge in [0.15, 0.2) is 10.3 Å². The van der Waals surface area contributed by atoms with Crippen molar-refractivity contribution in [3.05, 3.63) is 48.5 Å². The minimum Gasteiger partial charge on any atom is -0.731 e. The molecule has 5 nitrogen and oxygen atoms in total. The molecule has 3 rings (SSSR count). The molecule has 102 valence electrons. The molecule has 0 amide bonds. The Morgan fingerprint density at radius 3 is 2.33 bits per heavy atom. The van der Waals surface area contributed by atoms with Gasteiger partial charge in [-0.2, -0.15) is 0 Å². The molecule has 0 aliphatic heterocycles.